The number of halogens is 1. The lowest BCUT2D eigenvalue weighted by molar-refractivity contribution is -0.146. The summed E-state index contributed by atoms with van der Waals surface area (Å²) in [6, 6.07) is 5.86. The first kappa shape index (κ1) is 13.8. The largest absolute Gasteiger partial charge is 0.479 e. The van der Waals surface area contributed by atoms with Crippen molar-refractivity contribution in [3.05, 3.63) is 30.1 Å². The second-order valence-corrected chi connectivity index (χ2v) is 5.57. The number of rotatable bonds is 3. The zero-order chi connectivity index (χ0) is 14.0. The quantitative estimate of drug-likeness (QED) is 0.879. The molecule has 1 saturated carbocycles. The Bertz CT molecular complexity index is 460. The number of anilines is 1. The van der Waals surface area contributed by atoms with Crippen LogP contribution in [-0.2, 0) is 4.79 Å². The van der Waals surface area contributed by atoms with Gasteiger partial charge in [0.05, 0.1) is 0 Å². The van der Waals surface area contributed by atoms with E-state index in [-0.39, 0.29) is 11.7 Å². The van der Waals surface area contributed by atoms with E-state index in [9.17, 15) is 14.3 Å². The molecule has 1 aliphatic carbocycles. The van der Waals surface area contributed by atoms with Crippen LogP contribution in [0, 0.1) is 17.7 Å². The molecule has 2 N–H and O–H groups in total. The predicted octanol–water partition coefficient (Wildman–Crippen LogP) is 3.52. The smallest absolute Gasteiger partial charge is 0.329 e. The number of hydrogen-bond donors (Lipinski definition) is 2. The number of carboxylic acids is 1. The van der Waals surface area contributed by atoms with Gasteiger partial charge in [0.1, 0.15) is 11.4 Å². The maximum Gasteiger partial charge on any atom is 0.329 e. The van der Waals surface area contributed by atoms with Crippen molar-refractivity contribution in [2.75, 3.05) is 5.32 Å². The second-order valence-electron chi connectivity index (χ2n) is 5.57. The van der Waals surface area contributed by atoms with Crippen molar-refractivity contribution in [2.24, 2.45) is 11.8 Å². The fraction of sp³-hybridized carbons (Fsp3) is 0.533. The topological polar surface area (TPSA) is 49.3 Å². The van der Waals surface area contributed by atoms with Gasteiger partial charge in [0.25, 0.3) is 0 Å². The molecule has 0 bridgehead atoms. The Morgan fingerprint density at radius 2 is 2.00 bits per heavy atom. The van der Waals surface area contributed by atoms with Gasteiger partial charge in [-0.3, -0.25) is 0 Å². The molecule has 104 valence electrons. The average molecular weight is 265 g/mol. The Kier molecular flexibility index (Phi) is 3.78. The van der Waals surface area contributed by atoms with Crippen molar-refractivity contribution in [3.63, 3.8) is 0 Å². The molecule has 4 heteroatoms. The molecule has 0 saturated heterocycles. The van der Waals surface area contributed by atoms with E-state index in [1.165, 1.54) is 12.1 Å². The van der Waals surface area contributed by atoms with Crippen molar-refractivity contribution < 1.29 is 14.3 Å². The number of carbonyl (C=O) groups is 1. The van der Waals surface area contributed by atoms with Gasteiger partial charge >= 0.3 is 5.97 Å². The standard InChI is InChI=1S/C15H20FNO2/c1-10-4-3-9-15(11(10)2,14(18)19)17-13-7-5-12(16)6-8-13/h5-8,10-11,17H,3-4,9H2,1-2H3,(H,18,19). The van der Waals surface area contributed by atoms with Crippen LogP contribution in [0.1, 0.15) is 33.1 Å². The van der Waals surface area contributed by atoms with Crippen LogP contribution in [0.2, 0.25) is 0 Å². The molecule has 1 aromatic carbocycles. The van der Waals surface area contributed by atoms with Gasteiger partial charge in [0.2, 0.25) is 0 Å². The van der Waals surface area contributed by atoms with Crippen LogP contribution in [0.3, 0.4) is 0 Å². The van der Waals surface area contributed by atoms with Gasteiger partial charge in [-0.1, -0.05) is 26.7 Å². The molecule has 0 amide bonds. The third-order valence-electron chi connectivity index (χ3n) is 4.45. The molecule has 1 fully saturated rings. The summed E-state index contributed by atoms with van der Waals surface area (Å²) in [6.45, 7) is 4.07. The lowest BCUT2D eigenvalue weighted by atomic mass is 9.68. The van der Waals surface area contributed by atoms with Crippen LogP contribution in [0.5, 0.6) is 0 Å². The fourth-order valence-corrected chi connectivity index (χ4v) is 2.99. The highest BCUT2D eigenvalue weighted by atomic mass is 19.1. The monoisotopic (exact) mass is 265 g/mol. The molecule has 1 aliphatic rings. The zero-order valence-corrected chi connectivity index (χ0v) is 11.3. The summed E-state index contributed by atoms with van der Waals surface area (Å²) in [4.78, 5) is 11.8. The molecule has 0 spiro atoms. The summed E-state index contributed by atoms with van der Waals surface area (Å²) in [7, 11) is 0. The minimum Gasteiger partial charge on any atom is -0.479 e. The Balaban J connectivity index is 2.29. The van der Waals surface area contributed by atoms with E-state index >= 15 is 0 Å². The Morgan fingerprint density at radius 3 is 2.58 bits per heavy atom. The van der Waals surface area contributed by atoms with Crippen LogP contribution < -0.4 is 5.32 Å². The molecular weight excluding hydrogens is 245 g/mol. The zero-order valence-electron chi connectivity index (χ0n) is 11.3. The van der Waals surface area contributed by atoms with Crippen LogP contribution in [0.4, 0.5) is 10.1 Å². The molecule has 0 radical (unpaired) electrons. The van der Waals surface area contributed by atoms with Crippen molar-refractivity contribution in [1.82, 2.24) is 0 Å². The summed E-state index contributed by atoms with van der Waals surface area (Å²) in [5.41, 5.74) is -0.292. The lowest BCUT2D eigenvalue weighted by Gasteiger charge is -2.43. The molecule has 2 rings (SSSR count). The molecule has 3 atom stereocenters. The van der Waals surface area contributed by atoms with Gasteiger partial charge in [0.15, 0.2) is 0 Å². The van der Waals surface area contributed by atoms with Crippen molar-refractivity contribution in [1.29, 1.82) is 0 Å². The van der Waals surface area contributed by atoms with E-state index in [2.05, 4.69) is 12.2 Å². The fourth-order valence-electron chi connectivity index (χ4n) is 2.99. The normalized spacial score (nSPS) is 30.9. The van der Waals surface area contributed by atoms with Crippen molar-refractivity contribution >= 4 is 11.7 Å². The van der Waals surface area contributed by atoms with Crippen LogP contribution in [0.15, 0.2) is 24.3 Å². The summed E-state index contributed by atoms with van der Waals surface area (Å²) < 4.78 is 12.9. The number of carboxylic acid groups (broad SMARTS) is 1. The highest BCUT2D eigenvalue weighted by Crippen LogP contribution is 2.40. The second kappa shape index (κ2) is 5.19. The highest BCUT2D eigenvalue weighted by Gasteiger charge is 2.47. The summed E-state index contributed by atoms with van der Waals surface area (Å²) in [5, 5.41) is 12.8. The maximum atomic E-state index is 12.9. The number of benzene rings is 1. The SMILES string of the molecule is CC1CCCC(Nc2ccc(F)cc2)(C(=O)O)C1C. The molecule has 19 heavy (non-hydrogen) atoms. The number of hydrogen-bond acceptors (Lipinski definition) is 2. The van der Waals surface area contributed by atoms with Gasteiger partial charge in [-0.05, 0) is 42.5 Å². The average Bonchev–Trinajstić information content (AvgIpc) is 2.37. The van der Waals surface area contributed by atoms with E-state index in [4.69, 9.17) is 0 Å². The van der Waals surface area contributed by atoms with Crippen molar-refractivity contribution in [2.45, 2.75) is 38.6 Å². The molecule has 0 aromatic heterocycles. The first-order chi connectivity index (χ1) is 8.95. The lowest BCUT2D eigenvalue weighted by Crippen LogP contribution is -2.55. The van der Waals surface area contributed by atoms with Gasteiger partial charge < -0.3 is 10.4 Å². The molecule has 3 nitrogen and oxygen atoms in total. The van der Waals surface area contributed by atoms with Crippen molar-refractivity contribution in [3.8, 4) is 0 Å². The maximum absolute atomic E-state index is 12.9. The minimum absolute atomic E-state index is 0.0313. The van der Waals surface area contributed by atoms with Gasteiger partial charge in [0, 0.05) is 5.69 Å². The Labute approximate surface area is 112 Å². The third-order valence-corrected chi connectivity index (χ3v) is 4.45. The van der Waals surface area contributed by atoms with Gasteiger partial charge in [-0.25, -0.2) is 9.18 Å². The minimum atomic E-state index is -0.949. The predicted molar refractivity (Wildman–Crippen MR) is 72.6 cm³/mol. The summed E-state index contributed by atoms with van der Waals surface area (Å²) in [5.74, 6) is -0.752. The van der Waals surface area contributed by atoms with E-state index in [1.54, 1.807) is 12.1 Å². The number of aliphatic carboxylic acids is 1. The summed E-state index contributed by atoms with van der Waals surface area (Å²) >= 11 is 0. The van der Waals surface area contributed by atoms with Gasteiger partial charge in [-0.15, -0.1) is 0 Å². The van der Waals surface area contributed by atoms with Crippen LogP contribution in [-0.4, -0.2) is 16.6 Å². The Hall–Kier alpha value is -1.58. The van der Waals surface area contributed by atoms with Gasteiger partial charge in [-0.2, -0.15) is 0 Å². The third kappa shape index (κ3) is 2.57. The van der Waals surface area contributed by atoms with E-state index in [0.29, 0.717) is 18.0 Å². The Morgan fingerprint density at radius 1 is 1.37 bits per heavy atom. The molecule has 3 unspecified atom stereocenters. The summed E-state index contributed by atoms with van der Waals surface area (Å²) in [6.07, 6.45) is 2.55. The van der Waals surface area contributed by atoms with E-state index in [0.717, 1.165) is 12.8 Å². The first-order valence-corrected chi connectivity index (χ1v) is 6.73. The van der Waals surface area contributed by atoms with E-state index in [1.807, 2.05) is 6.92 Å². The van der Waals surface area contributed by atoms with Crippen LogP contribution in [0.25, 0.3) is 0 Å². The molecule has 0 aliphatic heterocycles. The van der Waals surface area contributed by atoms with Crippen LogP contribution >= 0.6 is 0 Å². The molecular formula is C15H20FNO2. The first-order valence-electron chi connectivity index (χ1n) is 6.73. The molecule has 1 aromatic rings. The highest BCUT2D eigenvalue weighted by molar-refractivity contribution is 5.83. The number of nitrogens with one attached hydrogen (secondary N) is 1. The molecule has 0 heterocycles. The van der Waals surface area contributed by atoms with E-state index < -0.39 is 11.5 Å².